The topological polar surface area (TPSA) is 69.0 Å². The summed E-state index contributed by atoms with van der Waals surface area (Å²) < 4.78 is 17.9. The normalized spacial score (nSPS) is 14.8. The lowest BCUT2D eigenvalue weighted by atomic mass is 9.96. The fourth-order valence-electron chi connectivity index (χ4n) is 5.17. The minimum absolute atomic E-state index is 0.0627. The van der Waals surface area contributed by atoms with Crippen molar-refractivity contribution < 1.29 is 18.7 Å². The van der Waals surface area contributed by atoms with E-state index in [4.69, 9.17) is 25.5 Å². The third-order valence-electron chi connectivity index (χ3n) is 7.15. The van der Waals surface area contributed by atoms with E-state index in [2.05, 4.69) is 13.8 Å². The number of carbonyl (C=O) groups excluding carboxylic acids is 1. The quantitative estimate of drug-likeness (QED) is 0.233. The second-order valence-corrected chi connectivity index (χ2v) is 10.9. The maximum atomic E-state index is 14.0. The molecule has 0 bridgehead atoms. The van der Waals surface area contributed by atoms with Crippen LogP contribution in [0.1, 0.15) is 64.7 Å². The van der Waals surface area contributed by atoms with Crippen molar-refractivity contribution in [1.29, 1.82) is 0 Å². The smallest absolute Gasteiger partial charge is 0.291 e. The Bertz CT molecular complexity index is 1620. The van der Waals surface area contributed by atoms with Gasteiger partial charge in [-0.1, -0.05) is 55.8 Å². The molecule has 0 saturated carbocycles. The molecule has 3 aromatic carbocycles. The number of fused-ring (bicyclic) bond motifs is 2. The van der Waals surface area contributed by atoms with E-state index in [1.165, 1.54) is 0 Å². The van der Waals surface area contributed by atoms with E-state index in [0.29, 0.717) is 45.6 Å². The number of carbonyl (C=O) groups is 1. The molecule has 0 aliphatic carbocycles. The van der Waals surface area contributed by atoms with Crippen LogP contribution in [0.25, 0.3) is 11.0 Å². The minimum atomic E-state index is -0.691. The molecule has 0 fully saturated rings. The molecule has 1 aliphatic rings. The summed E-state index contributed by atoms with van der Waals surface area (Å²) in [6.07, 6.45) is 0.911. The van der Waals surface area contributed by atoms with E-state index in [1.54, 1.807) is 18.1 Å². The first-order valence-electron chi connectivity index (χ1n) is 13.1. The van der Waals surface area contributed by atoms with E-state index in [-0.39, 0.29) is 23.6 Å². The lowest BCUT2D eigenvalue weighted by Gasteiger charge is -2.26. The van der Waals surface area contributed by atoms with Crippen LogP contribution in [-0.4, -0.2) is 24.5 Å². The molecule has 39 heavy (non-hydrogen) atoms. The average molecular weight is 546 g/mol. The lowest BCUT2D eigenvalue weighted by Crippen LogP contribution is -2.29. The van der Waals surface area contributed by atoms with Gasteiger partial charge >= 0.3 is 0 Å². The van der Waals surface area contributed by atoms with E-state index in [1.807, 2.05) is 62.4 Å². The van der Waals surface area contributed by atoms with Crippen LogP contribution in [0.5, 0.6) is 11.5 Å². The molecule has 1 atom stereocenters. The van der Waals surface area contributed by atoms with Gasteiger partial charge in [0.25, 0.3) is 5.91 Å². The fraction of sp³-hybridized carbons (Fsp3) is 0.312. The van der Waals surface area contributed by atoms with Crippen molar-refractivity contribution in [1.82, 2.24) is 4.90 Å². The number of methoxy groups -OCH3 is 1. The van der Waals surface area contributed by atoms with Gasteiger partial charge in [0.1, 0.15) is 5.58 Å². The Morgan fingerprint density at radius 2 is 1.79 bits per heavy atom. The number of rotatable bonds is 8. The summed E-state index contributed by atoms with van der Waals surface area (Å²) in [7, 11) is 1.58. The summed E-state index contributed by atoms with van der Waals surface area (Å²) in [5.41, 5.74) is 3.79. The van der Waals surface area contributed by atoms with Gasteiger partial charge in [-0.3, -0.25) is 9.59 Å². The van der Waals surface area contributed by atoms with Crippen molar-refractivity contribution in [3.05, 3.63) is 103 Å². The predicted molar refractivity (Wildman–Crippen MR) is 153 cm³/mol. The first-order chi connectivity index (χ1) is 18.7. The highest BCUT2D eigenvalue weighted by atomic mass is 35.5. The van der Waals surface area contributed by atoms with Crippen molar-refractivity contribution in [2.45, 2.75) is 46.7 Å². The van der Waals surface area contributed by atoms with Gasteiger partial charge in [-0.15, -0.1) is 0 Å². The molecule has 5 rings (SSSR count). The van der Waals surface area contributed by atoms with Gasteiger partial charge in [0, 0.05) is 11.6 Å². The summed E-state index contributed by atoms with van der Waals surface area (Å²) in [5, 5.41) is 1.01. The zero-order valence-electron chi connectivity index (χ0n) is 22.8. The van der Waals surface area contributed by atoms with Gasteiger partial charge in [0.2, 0.25) is 5.76 Å². The van der Waals surface area contributed by atoms with Crippen molar-refractivity contribution in [3.63, 3.8) is 0 Å². The molecular formula is C32H32ClNO5. The Balaban J connectivity index is 1.67. The maximum absolute atomic E-state index is 14.0. The summed E-state index contributed by atoms with van der Waals surface area (Å²) in [5.74, 6) is 1.36. The molecule has 0 N–H and O–H groups in total. The lowest BCUT2D eigenvalue weighted by molar-refractivity contribution is 0.0714. The Morgan fingerprint density at radius 3 is 2.51 bits per heavy atom. The zero-order chi connectivity index (χ0) is 27.8. The van der Waals surface area contributed by atoms with Gasteiger partial charge in [-0.2, -0.15) is 0 Å². The first kappa shape index (κ1) is 26.8. The number of nitrogens with zero attached hydrogens (tertiary/aromatic N) is 1. The Labute approximate surface area is 233 Å². The number of benzene rings is 3. The summed E-state index contributed by atoms with van der Waals surface area (Å²) in [6, 6.07) is 16.0. The largest absolute Gasteiger partial charge is 0.493 e. The van der Waals surface area contributed by atoms with Gasteiger partial charge < -0.3 is 18.8 Å². The highest BCUT2D eigenvalue weighted by Crippen LogP contribution is 2.42. The molecule has 0 spiro atoms. The van der Waals surface area contributed by atoms with Crippen LogP contribution in [0, 0.1) is 19.8 Å². The summed E-state index contributed by atoms with van der Waals surface area (Å²) >= 11 is 6.49. The number of ether oxygens (including phenoxy) is 2. The van der Waals surface area contributed by atoms with E-state index >= 15 is 0 Å². The van der Waals surface area contributed by atoms with Crippen molar-refractivity contribution in [2.75, 3.05) is 13.7 Å². The molecule has 0 radical (unpaired) electrons. The second-order valence-electron chi connectivity index (χ2n) is 10.5. The van der Waals surface area contributed by atoms with Crippen LogP contribution in [0.2, 0.25) is 5.02 Å². The highest BCUT2D eigenvalue weighted by Gasteiger charge is 2.43. The third-order valence-corrected chi connectivity index (χ3v) is 7.52. The number of amides is 1. The second kappa shape index (κ2) is 10.8. The molecule has 1 aliphatic heterocycles. The highest BCUT2D eigenvalue weighted by molar-refractivity contribution is 6.31. The molecule has 4 aromatic rings. The molecule has 0 saturated heterocycles. The van der Waals surface area contributed by atoms with Crippen molar-refractivity contribution >= 4 is 28.5 Å². The Kier molecular flexibility index (Phi) is 7.41. The van der Waals surface area contributed by atoms with Gasteiger partial charge in [0.15, 0.2) is 16.9 Å². The van der Waals surface area contributed by atoms with Crippen LogP contribution in [0.4, 0.5) is 0 Å². The summed E-state index contributed by atoms with van der Waals surface area (Å²) in [4.78, 5) is 29.6. The van der Waals surface area contributed by atoms with Gasteiger partial charge in [-0.05, 0) is 72.7 Å². The SMILES string of the molecule is COc1cc(C2c3c(oc4c(C)cc(C)cc4c3=O)C(=O)N2Cc2ccccc2Cl)ccc1OCCC(C)C. The number of halogens is 1. The van der Waals surface area contributed by atoms with E-state index in [0.717, 1.165) is 28.7 Å². The van der Waals surface area contributed by atoms with Gasteiger partial charge in [-0.25, -0.2) is 0 Å². The molecule has 1 amide bonds. The molecular weight excluding hydrogens is 514 g/mol. The molecule has 1 unspecified atom stereocenters. The first-order valence-corrected chi connectivity index (χ1v) is 13.5. The monoisotopic (exact) mass is 545 g/mol. The van der Waals surface area contributed by atoms with Crippen molar-refractivity contribution in [3.8, 4) is 11.5 Å². The minimum Gasteiger partial charge on any atom is -0.493 e. The summed E-state index contributed by atoms with van der Waals surface area (Å²) in [6.45, 7) is 8.87. The number of aryl methyl sites for hydroxylation is 2. The number of hydrogen-bond acceptors (Lipinski definition) is 5. The predicted octanol–water partition coefficient (Wildman–Crippen LogP) is 7.24. The van der Waals surface area contributed by atoms with Crippen LogP contribution in [-0.2, 0) is 6.54 Å². The average Bonchev–Trinajstić information content (AvgIpc) is 3.17. The van der Waals surface area contributed by atoms with Gasteiger partial charge in [0.05, 0.1) is 30.7 Å². The zero-order valence-corrected chi connectivity index (χ0v) is 23.6. The Morgan fingerprint density at radius 1 is 1.03 bits per heavy atom. The van der Waals surface area contributed by atoms with Crippen LogP contribution >= 0.6 is 11.6 Å². The van der Waals surface area contributed by atoms with E-state index in [9.17, 15) is 9.59 Å². The Hall–Kier alpha value is -3.77. The van der Waals surface area contributed by atoms with Crippen LogP contribution < -0.4 is 14.9 Å². The molecule has 7 heteroatoms. The van der Waals surface area contributed by atoms with Crippen LogP contribution in [0.3, 0.4) is 0 Å². The maximum Gasteiger partial charge on any atom is 0.291 e. The molecule has 202 valence electrons. The van der Waals surface area contributed by atoms with Crippen LogP contribution in [0.15, 0.2) is 63.8 Å². The fourth-order valence-corrected chi connectivity index (χ4v) is 5.37. The number of hydrogen-bond donors (Lipinski definition) is 0. The standard InChI is InChI=1S/C32H32ClNO5/c1-18(2)12-13-38-25-11-10-21(16-26(25)37-5)28-27-29(35)23-15-19(3)14-20(4)30(23)39-31(27)32(36)34(28)17-22-8-6-7-9-24(22)33/h6-11,14-16,18,28H,12-13,17H2,1-5H3. The third kappa shape index (κ3) is 5.01. The van der Waals surface area contributed by atoms with Crippen molar-refractivity contribution in [2.24, 2.45) is 5.92 Å². The molecule has 2 heterocycles. The molecule has 1 aromatic heterocycles. The molecule has 6 nitrogen and oxygen atoms in total. The van der Waals surface area contributed by atoms with E-state index < -0.39 is 6.04 Å².